The molecule has 0 saturated heterocycles. The third-order valence-corrected chi connectivity index (χ3v) is 6.51. The number of hydrogen-bond acceptors (Lipinski definition) is 5. The van der Waals surface area contributed by atoms with E-state index in [1.54, 1.807) is 6.07 Å². The number of nitrogens with one attached hydrogen (secondary N) is 2. The fraction of sp³-hybridized carbons (Fsp3) is 0.115. The highest BCUT2D eigenvalue weighted by molar-refractivity contribution is 7.99. The number of anilines is 1. The van der Waals surface area contributed by atoms with Crippen molar-refractivity contribution in [3.63, 3.8) is 0 Å². The number of benzene rings is 3. The lowest BCUT2D eigenvalue weighted by Crippen LogP contribution is -2.23. The van der Waals surface area contributed by atoms with Crippen LogP contribution >= 0.6 is 11.8 Å². The zero-order valence-electron chi connectivity index (χ0n) is 19.3. The smallest absolute Gasteiger partial charge is 0.406 e. The van der Waals surface area contributed by atoms with Gasteiger partial charge in [0.05, 0.1) is 11.4 Å². The maximum atomic E-state index is 13.6. The molecule has 2 N–H and O–H groups in total. The lowest BCUT2D eigenvalue weighted by atomic mass is 10.2. The second-order valence-electron chi connectivity index (χ2n) is 8.12. The molecule has 0 aliphatic carbocycles. The van der Waals surface area contributed by atoms with Gasteiger partial charge >= 0.3 is 6.36 Å². The van der Waals surface area contributed by atoms with Crippen LogP contribution in [0.5, 0.6) is 5.75 Å². The van der Waals surface area contributed by atoms with Crippen LogP contribution in [-0.4, -0.2) is 32.6 Å². The number of ether oxygens (including phenoxy) is 1. The highest BCUT2D eigenvalue weighted by Gasteiger charge is 2.31. The monoisotopic (exact) mass is 524 g/mol. The zero-order valence-corrected chi connectivity index (χ0v) is 20.1. The normalized spacial score (nSPS) is 11.7. The van der Waals surface area contributed by atoms with Crippen molar-refractivity contribution in [3.05, 3.63) is 88.7 Å². The molecule has 3 aromatic carbocycles. The molecule has 2 aromatic heterocycles. The first-order valence-corrected chi connectivity index (χ1v) is 12.1. The average Bonchev–Trinajstić information content (AvgIpc) is 3.23. The summed E-state index contributed by atoms with van der Waals surface area (Å²) in [5.41, 5.74) is 2.79. The first-order valence-electron chi connectivity index (χ1n) is 11.1. The van der Waals surface area contributed by atoms with Crippen molar-refractivity contribution in [2.45, 2.75) is 18.4 Å². The van der Waals surface area contributed by atoms with E-state index in [1.165, 1.54) is 16.7 Å². The van der Waals surface area contributed by atoms with Gasteiger partial charge in [-0.3, -0.25) is 14.2 Å². The van der Waals surface area contributed by atoms with Gasteiger partial charge in [-0.1, -0.05) is 48.2 Å². The van der Waals surface area contributed by atoms with E-state index in [0.29, 0.717) is 16.7 Å². The Morgan fingerprint density at radius 3 is 2.49 bits per heavy atom. The molecule has 0 fully saturated rings. The van der Waals surface area contributed by atoms with Gasteiger partial charge in [-0.05, 0) is 48.9 Å². The molecule has 0 radical (unpaired) electrons. The molecular weight excluding hydrogens is 505 g/mol. The fourth-order valence-electron chi connectivity index (χ4n) is 3.89. The van der Waals surface area contributed by atoms with Gasteiger partial charge in [0.15, 0.2) is 5.16 Å². The molecule has 37 heavy (non-hydrogen) atoms. The molecule has 0 saturated carbocycles. The predicted octanol–water partition coefficient (Wildman–Crippen LogP) is 5.80. The molecule has 11 heteroatoms. The summed E-state index contributed by atoms with van der Waals surface area (Å²) in [5, 5.41) is 3.79. The van der Waals surface area contributed by atoms with Crippen molar-refractivity contribution in [2.75, 3.05) is 11.1 Å². The number of carbonyl (C=O) groups is 1. The number of thioether (sulfide) groups is 1. The first-order chi connectivity index (χ1) is 17.7. The van der Waals surface area contributed by atoms with E-state index in [9.17, 15) is 22.8 Å². The van der Waals surface area contributed by atoms with Gasteiger partial charge in [0.25, 0.3) is 5.56 Å². The molecule has 188 valence electrons. The molecule has 0 aliphatic rings. The molecular formula is C26H19F3N4O3S. The van der Waals surface area contributed by atoms with Crippen molar-refractivity contribution in [1.82, 2.24) is 14.5 Å². The summed E-state index contributed by atoms with van der Waals surface area (Å²) in [7, 11) is 0. The van der Waals surface area contributed by atoms with Crippen molar-refractivity contribution in [3.8, 4) is 11.4 Å². The summed E-state index contributed by atoms with van der Waals surface area (Å²) in [4.78, 5) is 34.0. The van der Waals surface area contributed by atoms with Crippen molar-refractivity contribution in [1.29, 1.82) is 0 Å². The summed E-state index contributed by atoms with van der Waals surface area (Å²) in [5.74, 6) is -0.770. The van der Waals surface area contributed by atoms with E-state index in [1.807, 2.05) is 49.4 Å². The van der Waals surface area contributed by atoms with Crippen LogP contribution in [0.1, 0.15) is 5.56 Å². The van der Waals surface area contributed by atoms with E-state index >= 15 is 0 Å². The van der Waals surface area contributed by atoms with Gasteiger partial charge in [0.2, 0.25) is 5.91 Å². The zero-order chi connectivity index (χ0) is 26.2. The maximum absolute atomic E-state index is 13.6. The number of para-hydroxylation sites is 2. The van der Waals surface area contributed by atoms with E-state index in [4.69, 9.17) is 0 Å². The van der Waals surface area contributed by atoms with Crippen LogP contribution in [0, 0.1) is 6.92 Å². The summed E-state index contributed by atoms with van der Waals surface area (Å²) in [6.45, 7) is 1.87. The Labute approximate surface area is 212 Å². The SMILES string of the molecule is Cc1ccccc1NC(=O)CSc1nc2c([nH]c3ccccc32)c(=O)n1-c1ccc(OC(F)(F)F)cc1. The van der Waals surface area contributed by atoms with Crippen LogP contribution in [0.25, 0.3) is 27.6 Å². The number of amides is 1. The second-order valence-corrected chi connectivity index (χ2v) is 9.07. The number of alkyl halides is 3. The van der Waals surface area contributed by atoms with Gasteiger partial charge in [-0.15, -0.1) is 13.2 Å². The van der Waals surface area contributed by atoms with Crippen LogP contribution in [0.3, 0.4) is 0 Å². The summed E-state index contributed by atoms with van der Waals surface area (Å²) >= 11 is 1.04. The number of halogens is 3. The van der Waals surface area contributed by atoms with Gasteiger partial charge in [0.1, 0.15) is 16.8 Å². The predicted molar refractivity (Wildman–Crippen MR) is 136 cm³/mol. The van der Waals surface area contributed by atoms with E-state index < -0.39 is 17.7 Å². The highest BCUT2D eigenvalue weighted by atomic mass is 32.2. The van der Waals surface area contributed by atoms with E-state index in [2.05, 4.69) is 20.0 Å². The van der Waals surface area contributed by atoms with E-state index in [-0.39, 0.29) is 28.0 Å². The molecule has 0 spiro atoms. The fourth-order valence-corrected chi connectivity index (χ4v) is 4.70. The van der Waals surface area contributed by atoms with Gasteiger partial charge < -0.3 is 15.0 Å². The van der Waals surface area contributed by atoms with Crippen molar-refractivity contribution < 1.29 is 22.7 Å². The van der Waals surface area contributed by atoms with Crippen molar-refractivity contribution >= 4 is 45.3 Å². The number of hydrogen-bond donors (Lipinski definition) is 2. The third-order valence-electron chi connectivity index (χ3n) is 5.57. The first kappa shape index (κ1) is 24.4. The van der Waals surface area contributed by atoms with Gasteiger partial charge in [-0.25, -0.2) is 4.98 Å². The summed E-state index contributed by atoms with van der Waals surface area (Å²) < 4.78 is 43.0. The minimum absolute atomic E-state index is 0.0517. The average molecular weight is 525 g/mol. The lowest BCUT2D eigenvalue weighted by molar-refractivity contribution is -0.274. The summed E-state index contributed by atoms with van der Waals surface area (Å²) in [6.07, 6.45) is -4.84. The number of nitrogens with zero attached hydrogens (tertiary/aromatic N) is 2. The summed E-state index contributed by atoms with van der Waals surface area (Å²) in [6, 6.07) is 19.5. The highest BCUT2D eigenvalue weighted by Crippen LogP contribution is 2.28. The molecule has 5 rings (SSSR count). The van der Waals surface area contributed by atoms with Crippen LogP contribution in [-0.2, 0) is 4.79 Å². The Bertz CT molecular complexity index is 1680. The van der Waals surface area contributed by atoms with Crippen LogP contribution in [0.2, 0.25) is 0 Å². The number of H-pyrrole nitrogens is 1. The standard InChI is InChI=1S/C26H19F3N4O3S/c1-15-6-2-4-8-19(15)30-21(34)14-37-25-32-22-18-7-3-5-9-20(18)31-23(22)24(35)33(25)16-10-12-17(13-11-16)36-26(27,28)29/h2-13,31H,14H2,1H3,(H,30,34). The Morgan fingerprint density at radius 1 is 1.05 bits per heavy atom. The van der Waals surface area contributed by atoms with Crippen LogP contribution in [0.4, 0.5) is 18.9 Å². The number of fused-ring (bicyclic) bond motifs is 3. The Balaban J connectivity index is 1.54. The molecule has 2 heterocycles. The number of carbonyl (C=O) groups excluding carboxylic acids is 1. The van der Waals surface area contributed by atoms with Crippen LogP contribution < -0.4 is 15.6 Å². The number of rotatable bonds is 6. The quantitative estimate of drug-likeness (QED) is 0.216. The Hall–Kier alpha value is -4.25. The Kier molecular flexibility index (Phi) is 6.38. The molecule has 5 aromatic rings. The largest absolute Gasteiger partial charge is 0.573 e. The number of aromatic amines is 1. The Morgan fingerprint density at radius 2 is 1.76 bits per heavy atom. The van der Waals surface area contributed by atoms with Crippen LogP contribution in [0.15, 0.2) is 82.7 Å². The minimum Gasteiger partial charge on any atom is -0.406 e. The number of aryl methyl sites for hydroxylation is 1. The molecule has 0 bridgehead atoms. The number of aromatic nitrogens is 3. The van der Waals surface area contributed by atoms with Crippen molar-refractivity contribution in [2.24, 2.45) is 0 Å². The van der Waals surface area contributed by atoms with E-state index in [0.717, 1.165) is 34.8 Å². The molecule has 1 amide bonds. The maximum Gasteiger partial charge on any atom is 0.573 e. The third kappa shape index (κ3) is 5.17. The van der Waals surface area contributed by atoms with Gasteiger partial charge in [-0.2, -0.15) is 0 Å². The molecule has 0 atom stereocenters. The lowest BCUT2D eigenvalue weighted by Gasteiger charge is -2.14. The minimum atomic E-state index is -4.84. The molecule has 0 aliphatic heterocycles. The molecule has 0 unspecified atom stereocenters. The second kappa shape index (κ2) is 9.66. The molecule has 7 nitrogen and oxygen atoms in total. The topological polar surface area (TPSA) is 89.0 Å². The van der Waals surface area contributed by atoms with Gasteiger partial charge in [0, 0.05) is 16.6 Å².